The Balaban J connectivity index is 2.28. The summed E-state index contributed by atoms with van der Waals surface area (Å²) in [6.07, 6.45) is 2.53. The minimum Gasteiger partial charge on any atom is -0.506 e. The zero-order chi connectivity index (χ0) is 15.6. The van der Waals surface area contributed by atoms with Gasteiger partial charge in [-0.25, -0.2) is 8.42 Å². The molecule has 0 radical (unpaired) electrons. The van der Waals surface area contributed by atoms with E-state index in [2.05, 4.69) is 4.98 Å². The average Bonchev–Trinajstić information content (AvgIpc) is 2.75. The van der Waals surface area contributed by atoms with Crippen molar-refractivity contribution in [3.63, 3.8) is 0 Å². The summed E-state index contributed by atoms with van der Waals surface area (Å²) in [6, 6.07) is 0.481. The number of hydrogen-bond donors (Lipinski definition) is 2. The highest BCUT2D eigenvalue weighted by atomic mass is 32.2. The number of rotatable bonds is 4. The standard InChI is InChI=1S/C12H14N2O6S/c15-10-3-8(4-13-5-10)12(18)14(6-11(16)17)9-1-2-21(19,20)7-9/h3-5,9,15H,1-2,6-7H2,(H,16,17). The summed E-state index contributed by atoms with van der Waals surface area (Å²) in [7, 11) is -3.25. The predicted molar refractivity (Wildman–Crippen MR) is 71.6 cm³/mol. The maximum absolute atomic E-state index is 12.3. The van der Waals surface area contributed by atoms with Crippen LogP contribution in [0.4, 0.5) is 0 Å². The van der Waals surface area contributed by atoms with Gasteiger partial charge in [-0.1, -0.05) is 0 Å². The third-order valence-electron chi connectivity index (χ3n) is 3.19. The Bertz CT molecular complexity index is 672. The fourth-order valence-corrected chi connectivity index (χ4v) is 3.97. The van der Waals surface area contributed by atoms with Crippen LogP contribution in [0.25, 0.3) is 0 Å². The Kier molecular flexibility index (Phi) is 4.12. The summed E-state index contributed by atoms with van der Waals surface area (Å²) >= 11 is 0. The molecule has 114 valence electrons. The van der Waals surface area contributed by atoms with Gasteiger partial charge in [0, 0.05) is 12.2 Å². The molecule has 2 rings (SSSR count). The minimum absolute atomic E-state index is 0.0144. The molecule has 9 heteroatoms. The molecule has 0 spiro atoms. The number of carboxylic acids is 1. The van der Waals surface area contributed by atoms with Gasteiger partial charge in [-0.05, 0) is 12.5 Å². The lowest BCUT2D eigenvalue weighted by Crippen LogP contribution is -2.44. The zero-order valence-corrected chi connectivity index (χ0v) is 11.8. The number of nitrogens with zero attached hydrogens (tertiary/aromatic N) is 2. The Morgan fingerprint density at radius 1 is 1.38 bits per heavy atom. The van der Waals surface area contributed by atoms with Gasteiger partial charge in [0.1, 0.15) is 12.3 Å². The van der Waals surface area contributed by atoms with Crippen molar-refractivity contribution in [2.24, 2.45) is 0 Å². The Morgan fingerprint density at radius 3 is 2.62 bits per heavy atom. The molecule has 2 heterocycles. The molecule has 1 aromatic rings. The first-order chi connectivity index (χ1) is 9.78. The predicted octanol–water partition coefficient (Wildman–Crippen LogP) is -0.499. The van der Waals surface area contributed by atoms with Crippen LogP contribution in [0.1, 0.15) is 16.8 Å². The van der Waals surface area contributed by atoms with E-state index in [4.69, 9.17) is 5.11 Å². The quantitative estimate of drug-likeness (QED) is 0.767. The first kappa shape index (κ1) is 15.2. The van der Waals surface area contributed by atoms with Crippen molar-refractivity contribution >= 4 is 21.7 Å². The van der Waals surface area contributed by atoms with Crippen LogP contribution in [0.5, 0.6) is 5.75 Å². The van der Waals surface area contributed by atoms with Crippen LogP contribution >= 0.6 is 0 Å². The maximum atomic E-state index is 12.3. The second-order valence-corrected chi connectivity index (χ2v) is 7.04. The number of carbonyl (C=O) groups is 2. The molecule has 1 aliphatic heterocycles. The van der Waals surface area contributed by atoms with Gasteiger partial charge in [-0.3, -0.25) is 14.6 Å². The summed E-state index contributed by atoms with van der Waals surface area (Å²) in [4.78, 5) is 27.9. The fraction of sp³-hybridized carbons (Fsp3) is 0.417. The van der Waals surface area contributed by atoms with Crippen LogP contribution in [-0.2, 0) is 14.6 Å². The van der Waals surface area contributed by atoms with Gasteiger partial charge in [-0.15, -0.1) is 0 Å². The molecule has 0 bridgehead atoms. The summed E-state index contributed by atoms with van der Waals surface area (Å²) in [6.45, 7) is -0.603. The number of pyridine rings is 1. The molecule has 1 amide bonds. The lowest BCUT2D eigenvalue weighted by atomic mass is 10.1. The van der Waals surface area contributed by atoms with Gasteiger partial charge in [0.2, 0.25) is 0 Å². The molecule has 1 saturated heterocycles. The highest BCUT2D eigenvalue weighted by Gasteiger charge is 2.36. The van der Waals surface area contributed by atoms with Gasteiger partial charge in [0.25, 0.3) is 5.91 Å². The van der Waals surface area contributed by atoms with Crippen molar-refractivity contribution < 1.29 is 28.2 Å². The molecule has 1 fully saturated rings. The van der Waals surface area contributed by atoms with E-state index in [0.29, 0.717) is 0 Å². The monoisotopic (exact) mass is 314 g/mol. The van der Waals surface area contributed by atoms with E-state index in [1.54, 1.807) is 0 Å². The van der Waals surface area contributed by atoms with E-state index in [9.17, 15) is 23.1 Å². The number of aromatic nitrogens is 1. The summed E-state index contributed by atoms with van der Waals surface area (Å²) in [5.74, 6) is -2.45. The Hall–Kier alpha value is -2.16. The molecular weight excluding hydrogens is 300 g/mol. The first-order valence-electron chi connectivity index (χ1n) is 6.16. The lowest BCUT2D eigenvalue weighted by molar-refractivity contribution is -0.138. The summed E-state index contributed by atoms with van der Waals surface area (Å²) in [5.41, 5.74) is 0.0144. The molecule has 1 aliphatic rings. The largest absolute Gasteiger partial charge is 0.506 e. The summed E-state index contributed by atoms with van der Waals surface area (Å²) in [5, 5.41) is 18.2. The van der Waals surface area contributed by atoms with Crippen molar-refractivity contribution in [1.82, 2.24) is 9.88 Å². The molecule has 8 nitrogen and oxygen atoms in total. The Labute approximate surface area is 120 Å². The Morgan fingerprint density at radius 2 is 2.10 bits per heavy atom. The van der Waals surface area contributed by atoms with E-state index in [1.807, 2.05) is 0 Å². The van der Waals surface area contributed by atoms with Gasteiger partial charge >= 0.3 is 5.97 Å². The third-order valence-corrected chi connectivity index (χ3v) is 4.94. The topological polar surface area (TPSA) is 125 Å². The SMILES string of the molecule is O=C(O)CN(C(=O)c1cncc(O)c1)C1CCS(=O)(=O)C1. The second kappa shape index (κ2) is 5.68. The molecule has 21 heavy (non-hydrogen) atoms. The second-order valence-electron chi connectivity index (χ2n) is 4.82. The molecule has 1 atom stereocenters. The van der Waals surface area contributed by atoms with Gasteiger partial charge in [0.05, 0.1) is 23.3 Å². The van der Waals surface area contributed by atoms with Crippen LogP contribution in [-0.4, -0.2) is 64.5 Å². The van der Waals surface area contributed by atoms with Crippen LogP contribution in [0, 0.1) is 0 Å². The highest BCUT2D eigenvalue weighted by Crippen LogP contribution is 2.20. The molecule has 1 aromatic heterocycles. The average molecular weight is 314 g/mol. The van der Waals surface area contributed by atoms with E-state index >= 15 is 0 Å². The van der Waals surface area contributed by atoms with Crippen molar-refractivity contribution in [2.75, 3.05) is 18.1 Å². The van der Waals surface area contributed by atoms with E-state index in [0.717, 1.165) is 17.2 Å². The fourth-order valence-electron chi connectivity index (χ4n) is 2.24. The van der Waals surface area contributed by atoms with Gasteiger partial charge in [0.15, 0.2) is 9.84 Å². The van der Waals surface area contributed by atoms with Crippen LogP contribution in [0.2, 0.25) is 0 Å². The normalized spacial score (nSPS) is 20.1. The molecule has 0 saturated carbocycles. The summed E-state index contributed by atoms with van der Waals surface area (Å²) < 4.78 is 23.0. The van der Waals surface area contributed by atoms with Crippen LogP contribution in [0.15, 0.2) is 18.5 Å². The minimum atomic E-state index is -3.25. The maximum Gasteiger partial charge on any atom is 0.323 e. The molecule has 2 N–H and O–H groups in total. The first-order valence-corrected chi connectivity index (χ1v) is 7.98. The van der Waals surface area contributed by atoms with Crippen molar-refractivity contribution in [3.05, 3.63) is 24.0 Å². The van der Waals surface area contributed by atoms with Crippen molar-refractivity contribution in [1.29, 1.82) is 0 Å². The molecule has 0 aliphatic carbocycles. The number of carboxylic acid groups (broad SMARTS) is 1. The number of amides is 1. The van der Waals surface area contributed by atoms with Gasteiger partial charge in [-0.2, -0.15) is 0 Å². The number of hydrogen-bond acceptors (Lipinski definition) is 6. The van der Waals surface area contributed by atoms with E-state index < -0.39 is 34.3 Å². The number of carbonyl (C=O) groups excluding carboxylic acids is 1. The number of aromatic hydroxyl groups is 1. The van der Waals surface area contributed by atoms with Crippen LogP contribution in [0.3, 0.4) is 0 Å². The number of sulfone groups is 1. The smallest absolute Gasteiger partial charge is 0.323 e. The van der Waals surface area contributed by atoms with Gasteiger partial charge < -0.3 is 15.1 Å². The molecular formula is C12H14N2O6S. The van der Waals surface area contributed by atoms with Crippen molar-refractivity contribution in [2.45, 2.75) is 12.5 Å². The van der Waals surface area contributed by atoms with E-state index in [-0.39, 0.29) is 29.2 Å². The lowest BCUT2D eigenvalue weighted by Gasteiger charge is -2.26. The third kappa shape index (κ3) is 3.69. The molecule has 0 aromatic carbocycles. The van der Waals surface area contributed by atoms with Crippen LogP contribution < -0.4 is 0 Å². The zero-order valence-electron chi connectivity index (χ0n) is 11.0. The number of aliphatic carboxylic acids is 1. The molecule has 1 unspecified atom stereocenters. The van der Waals surface area contributed by atoms with Crippen molar-refractivity contribution in [3.8, 4) is 5.75 Å². The van der Waals surface area contributed by atoms with E-state index in [1.165, 1.54) is 6.20 Å². The highest BCUT2D eigenvalue weighted by molar-refractivity contribution is 7.91.